The van der Waals surface area contributed by atoms with Crippen LogP contribution < -0.4 is 9.47 Å². The van der Waals surface area contributed by atoms with Crippen LogP contribution in [0, 0.1) is 11.3 Å². The summed E-state index contributed by atoms with van der Waals surface area (Å²) in [6, 6.07) is 25.4. The van der Waals surface area contributed by atoms with E-state index in [-0.39, 0.29) is 0 Å². The van der Waals surface area contributed by atoms with Crippen molar-refractivity contribution < 1.29 is 9.47 Å². The van der Waals surface area contributed by atoms with Crippen LogP contribution in [0.1, 0.15) is 17.0 Å². The Labute approximate surface area is 168 Å². The normalized spacial score (nSPS) is 11.2. The summed E-state index contributed by atoms with van der Waals surface area (Å²) in [7, 11) is 1.62. The van der Waals surface area contributed by atoms with Gasteiger partial charge < -0.3 is 14.5 Å². The van der Waals surface area contributed by atoms with Crippen molar-refractivity contribution in [2.75, 3.05) is 7.11 Å². The van der Waals surface area contributed by atoms with Crippen molar-refractivity contribution in [3.05, 3.63) is 89.7 Å². The fourth-order valence-electron chi connectivity index (χ4n) is 2.96. The predicted octanol–water partition coefficient (Wildman–Crippen LogP) is 5.21. The molecule has 0 saturated heterocycles. The van der Waals surface area contributed by atoms with E-state index >= 15 is 0 Å². The Morgan fingerprint density at radius 2 is 1.79 bits per heavy atom. The molecule has 0 spiro atoms. The fraction of sp³-hybridized carbons (Fsp3) is 0.0833. The first-order chi connectivity index (χ1) is 14.2. The Bertz CT molecular complexity index is 1190. The zero-order valence-electron chi connectivity index (χ0n) is 15.9. The average Bonchev–Trinajstić information content (AvgIpc) is 3.20. The molecule has 5 heteroatoms. The summed E-state index contributed by atoms with van der Waals surface area (Å²) >= 11 is 0. The summed E-state index contributed by atoms with van der Waals surface area (Å²) < 4.78 is 11.0. The number of nitrogens with one attached hydrogen (secondary N) is 1. The van der Waals surface area contributed by atoms with Gasteiger partial charge in [0, 0.05) is 6.07 Å². The monoisotopic (exact) mass is 381 g/mol. The van der Waals surface area contributed by atoms with E-state index < -0.39 is 0 Å². The van der Waals surface area contributed by atoms with Crippen LogP contribution in [0.2, 0.25) is 0 Å². The molecule has 4 aromatic rings. The maximum Gasteiger partial charge on any atom is 0.149 e. The number of H-pyrrole nitrogens is 1. The zero-order valence-corrected chi connectivity index (χ0v) is 15.9. The molecule has 1 aromatic heterocycles. The van der Waals surface area contributed by atoms with Crippen molar-refractivity contribution in [3.8, 4) is 17.6 Å². The molecule has 0 aliphatic rings. The smallest absolute Gasteiger partial charge is 0.149 e. The zero-order chi connectivity index (χ0) is 20.1. The Morgan fingerprint density at radius 3 is 2.52 bits per heavy atom. The number of allylic oxidation sites excluding steroid dienone is 1. The SMILES string of the molecule is COc1ccc2nc(/C(C#N)=C\c3ccc(OCc4ccccc4)cc3)[nH]c2c1. The van der Waals surface area contributed by atoms with Crippen LogP contribution in [-0.2, 0) is 6.61 Å². The van der Waals surface area contributed by atoms with Crippen molar-refractivity contribution in [1.29, 1.82) is 5.26 Å². The third-order valence-electron chi connectivity index (χ3n) is 4.50. The number of hydrogen-bond acceptors (Lipinski definition) is 4. The van der Waals surface area contributed by atoms with E-state index in [9.17, 15) is 5.26 Å². The number of nitriles is 1. The van der Waals surface area contributed by atoms with Crippen LogP contribution in [0.25, 0.3) is 22.7 Å². The molecule has 142 valence electrons. The lowest BCUT2D eigenvalue weighted by atomic mass is 10.1. The Kier molecular flexibility index (Phi) is 5.26. The Hall–Kier alpha value is -4.04. The second-order valence-corrected chi connectivity index (χ2v) is 6.48. The van der Waals surface area contributed by atoms with Gasteiger partial charge in [0.05, 0.1) is 23.7 Å². The third-order valence-corrected chi connectivity index (χ3v) is 4.50. The van der Waals surface area contributed by atoms with Gasteiger partial charge in [-0.05, 0) is 41.5 Å². The van der Waals surface area contributed by atoms with Crippen molar-refractivity contribution in [2.24, 2.45) is 0 Å². The molecule has 3 aromatic carbocycles. The first-order valence-electron chi connectivity index (χ1n) is 9.18. The number of methoxy groups -OCH3 is 1. The maximum absolute atomic E-state index is 9.60. The third kappa shape index (κ3) is 4.28. The topological polar surface area (TPSA) is 70.9 Å². The second-order valence-electron chi connectivity index (χ2n) is 6.48. The Morgan fingerprint density at radius 1 is 1.03 bits per heavy atom. The maximum atomic E-state index is 9.60. The van der Waals surface area contributed by atoms with Crippen molar-refractivity contribution in [3.63, 3.8) is 0 Å². The van der Waals surface area contributed by atoms with Crippen LogP contribution >= 0.6 is 0 Å². The fourth-order valence-corrected chi connectivity index (χ4v) is 2.96. The molecule has 0 aliphatic carbocycles. The van der Waals surface area contributed by atoms with Gasteiger partial charge in [0.15, 0.2) is 0 Å². The van der Waals surface area contributed by atoms with Crippen molar-refractivity contribution in [1.82, 2.24) is 9.97 Å². The van der Waals surface area contributed by atoms with Gasteiger partial charge in [0.25, 0.3) is 0 Å². The summed E-state index contributed by atoms with van der Waals surface area (Å²) in [4.78, 5) is 7.69. The van der Waals surface area contributed by atoms with Crippen LogP contribution in [-0.4, -0.2) is 17.1 Å². The number of aromatic amines is 1. The van der Waals surface area contributed by atoms with Gasteiger partial charge in [-0.2, -0.15) is 5.26 Å². The number of nitrogens with zero attached hydrogens (tertiary/aromatic N) is 2. The second kappa shape index (κ2) is 8.32. The average molecular weight is 381 g/mol. The molecule has 29 heavy (non-hydrogen) atoms. The molecule has 1 heterocycles. The Balaban J connectivity index is 1.52. The van der Waals surface area contributed by atoms with Crippen LogP contribution in [0.3, 0.4) is 0 Å². The highest BCUT2D eigenvalue weighted by Gasteiger charge is 2.09. The summed E-state index contributed by atoms with van der Waals surface area (Å²) in [6.45, 7) is 0.516. The molecule has 0 fully saturated rings. The van der Waals surface area contributed by atoms with E-state index in [1.165, 1.54) is 0 Å². The summed E-state index contributed by atoms with van der Waals surface area (Å²) in [6.07, 6.45) is 1.80. The highest BCUT2D eigenvalue weighted by atomic mass is 16.5. The van der Waals surface area contributed by atoms with Gasteiger partial charge in [-0.3, -0.25) is 0 Å². The number of imidazole rings is 1. The summed E-state index contributed by atoms with van der Waals surface area (Å²) in [5.74, 6) is 2.04. The predicted molar refractivity (Wildman–Crippen MR) is 113 cm³/mol. The molecule has 0 bridgehead atoms. The van der Waals surface area contributed by atoms with Crippen molar-refractivity contribution >= 4 is 22.7 Å². The van der Waals surface area contributed by atoms with Crippen molar-refractivity contribution in [2.45, 2.75) is 6.61 Å². The lowest BCUT2D eigenvalue weighted by molar-refractivity contribution is 0.306. The molecule has 0 unspecified atom stereocenters. The minimum atomic E-state index is 0.457. The molecule has 0 amide bonds. The van der Waals surface area contributed by atoms with Gasteiger partial charge >= 0.3 is 0 Å². The van der Waals surface area contributed by atoms with E-state index in [2.05, 4.69) is 16.0 Å². The molecule has 0 atom stereocenters. The van der Waals surface area contributed by atoms with Gasteiger partial charge in [-0.15, -0.1) is 0 Å². The number of rotatable bonds is 6. The lowest BCUT2D eigenvalue weighted by Crippen LogP contribution is -1.94. The molecule has 4 rings (SSSR count). The van der Waals surface area contributed by atoms with Gasteiger partial charge in [-0.25, -0.2) is 4.98 Å². The molecule has 5 nitrogen and oxygen atoms in total. The van der Waals surface area contributed by atoms with E-state index in [4.69, 9.17) is 9.47 Å². The highest BCUT2D eigenvalue weighted by molar-refractivity contribution is 5.90. The summed E-state index contributed by atoms with van der Waals surface area (Å²) in [5, 5.41) is 9.60. The van der Waals surface area contributed by atoms with E-state index in [1.54, 1.807) is 13.2 Å². The van der Waals surface area contributed by atoms with Gasteiger partial charge in [0.1, 0.15) is 30.0 Å². The van der Waals surface area contributed by atoms with Crippen LogP contribution in [0.5, 0.6) is 11.5 Å². The number of benzene rings is 3. The first kappa shape index (κ1) is 18.3. The van der Waals surface area contributed by atoms with E-state index in [1.807, 2.05) is 72.8 Å². The van der Waals surface area contributed by atoms with Gasteiger partial charge in [0.2, 0.25) is 0 Å². The quantitative estimate of drug-likeness (QED) is 0.465. The molecular formula is C24H19N3O2. The standard InChI is InChI=1S/C24H19N3O2/c1-28-21-11-12-22-23(14-21)27-24(26-22)19(15-25)13-17-7-9-20(10-8-17)29-16-18-5-3-2-4-6-18/h2-14H,16H2,1H3,(H,26,27)/b19-13-. The molecular weight excluding hydrogens is 362 g/mol. The van der Waals surface area contributed by atoms with Gasteiger partial charge in [-0.1, -0.05) is 42.5 Å². The minimum Gasteiger partial charge on any atom is -0.497 e. The molecule has 0 saturated carbocycles. The molecule has 0 aliphatic heterocycles. The first-order valence-corrected chi connectivity index (χ1v) is 9.18. The largest absolute Gasteiger partial charge is 0.497 e. The van der Waals surface area contributed by atoms with Crippen LogP contribution in [0.15, 0.2) is 72.8 Å². The minimum absolute atomic E-state index is 0.457. The lowest BCUT2D eigenvalue weighted by Gasteiger charge is -2.06. The van der Waals surface area contributed by atoms with Crippen LogP contribution in [0.4, 0.5) is 0 Å². The molecule has 0 radical (unpaired) electrons. The summed E-state index contributed by atoms with van der Waals surface area (Å²) in [5.41, 5.74) is 4.08. The number of hydrogen-bond donors (Lipinski definition) is 1. The number of fused-ring (bicyclic) bond motifs is 1. The number of aromatic nitrogens is 2. The number of ether oxygens (including phenoxy) is 2. The van der Waals surface area contributed by atoms with E-state index in [0.717, 1.165) is 33.7 Å². The van der Waals surface area contributed by atoms with E-state index in [0.29, 0.717) is 18.0 Å². The molecule has 1 N–H and O–H groups in total. The highest BCUT2D eigenvalue weighted by Crippen LogP contribution is 2.23.